The molecule has 2 aromatic rings. The third-order valence-corrected chi connectivity index (χ3v) is 6.03. The van der Waals surface area contributed by atoms with Crippen LogP contribution in [-0.4, -0.2) is 49.0 Å². The standard InChI is InChI=1S/C23H31N3O5S/c1-6-12-31-17-11-10-15(13-16(17)24)20(27)25-21-18(23(29)30-9-4)14(5)19(32-21)22(28)26(7-2)8-3/h10-11,13H,6-9,12,24H2,1-5H3,(H,25,27). The summed E-state index contributed by atoms with van der Waals surface area (Å²) < 4.78 is 10.7. The van der Waals surface area contributed by atoms with Crippen molar-refractivity contribution >= 4 is 39.8 Å². The van der Waals surface area contributed by atoms with E-state index in [4.69, 9.17) is 15.2 Å². The first kappa shape index (κ1) is 25.2. The number of hydrogen-bond donors (Lipinski definition) is 2. The average Bonchev–Trinajstić information content (AvgIpc) is 3.09. The predicted octanol–water partition coefficient (Wildman–Crippen LogP) is 4.34. The summed E-state index contributed by atoms with van der Waals surface area (Å²) in [7, 11) is 0. The summed E-state index contributed by atoms with van der Waals surface area (Å²) in [5.41, 5.74) is 7.35. The first-order chi connectivity index (χ1) is 15.3. The molecule has 0 saturated carbocycles. The second-order valence-electron chi connectivity index (χ2n) is 7.01. The maximum absolute atomic E-state index is 12.9. The van der Waals surface area contributed by atoms with Gasteiger partial charge in [-0.1, -0.05) is 6.92 Å². The Morgan fingerprint density at radius 1 is 1.12 bits per heavy atom. The fourth-order valence-corrected chi connectivity index (χ4v) is 4.28. The second-order valence-corrected chi connectivity index (χ2v) is 8.03. The number of anilines is 2. The molecule has 0 bridgehead atoms. The molecule has 0 saturated heterocycles. The van der Waals surface area contributed by atoms with Crippen LogP contribution in [0.1, 0.15) is 70.1 Å². The van der Waals surface area contributed by atoms with Gasteiger partial charge in [-0.25, -0.2) is 4.79 Å². The van der Waals surface area contributed by atoms with Crippen molar-refractivity contribution in [2.75, 3.05) is 37.4 Å². The Balaban J connectivity index is 2.40. The highest BCUT2D eigenvalue weighted by Crippen LogP contribution is 2.35. The van der Waals surface area contributed by atoms with Crippen molar-refractivity contribution in [3.05, 3.63) is 39.8 Å². The molecule has 9 heteroatoms. The normalized spacial score (nSPS) is 10.5. The number of nitrogen functional groups attached to an aromatic ring is 1. The van der Waals surface area contributed by atoms with Crippen LogP contribution in [0.5, 0.6) is 5.75 Å². The van der Waals surface area contributed by atoms with E-state index in [1.807, 2.05) is 20.8 Å². The smallest absolute Gasteiger partial charge is 0.341 e. The molecule has 0 radical (unpaired) electrons. The maximum atomic E-state index is 12.9. The van der Waals surface area contributed by atoms with Crippen molar-refractivity contribution in [1.29, 1.82) is 0 Å². The molecule has 0 fully saturated rings. The lowest BCUT2D eigenvalue weighted by Crippen LogP contribution is -2.30. The largest absolute Gasteiger partial charge is 0.491 e. The quantitative estimate of drug-likeness (QED) is 0.402. The number of nitrogens with two attached hydrogens (primary N) is 1. The molecule has 174 valence electrons. The van der Waals surface area contributed by atoms with Gasteiger partial charge in [-0.05, 0) is 57.9 Å². The monoisotopic (exact) mass is 461 g/mol. The molecule has 0 aliphatic carbocycles. The Morgan fingerprint density at radius 3 is 2.38 bits per heavy atom. The summed E-state index contributed by atoms with van der Waals surface area (Å²) >= 11 is 1.07. The zero-order valence-corrected chi connectivity index (χ0v) is 20.1. The number of nitrogens with one attached hydrogen (secondary N) is 1. The van der Waals surface area contributed by atoms with Gasteiger partial charge in [-0.2, -0.15) is 0 Å². The summed E-state index contributed by atoms with van der Waals surface area (Å²) in [5.74, 6) is -0.717. The van der Waals surface area contributed by atoms with Crippen LogP contribution in [0.4, 0.5) is 10.7 Å². The van der Waals surface area contributed by atoms with E-state index in [1.165, 1.54) is 6.07 Å². The van der Waals surface area contributed by atoms with Crippen LogP contribution in [0.2, 0.25) is 0 Å². The molecular weight excluding hydrogens is 430 g/mol. The van der Waals surface area contributed by atoms with Crippen LogP contribution in [0.3, 0.4) is 0 Å². The van der Waals surface area contributed by atoms with Gasteiger partial charge in [-0.3, -0.25) is 9.59 Å². The number of carbonyl (C=O) groups excluding carboxylic acids is 3. The lowest BCUT2D eigenvalue weighted by molar-refractivity contribution is 0.0527. The summed E-state index contributed by atoms with van der Waals surface area (Å²) in [6.07, 6.45) is 0.838. The van der Waals surface area contributed by atoms with Gasteiger partial charge in [-0.15, -0.1) is 11.3 Å². The predicted molar refractivity (Wildman–Crippen MR) is 127 cm³/mol. The third kappa shape index (κ3) is 5.59. The zero-order valence-electron chi connectivity index (χ0n) is 19.2. The van der Waals surface area contributed by atoms with Crippen LogP contribution in [0.25, 0.3) is 0 Å². The molecule has 0 spiro atoms. The van der Waals surface area contributed by atoms with Gasteiger partial charge in [0.2, 0.25) is 0 Å². The summed E-state index contributed by atoms with van der Waals surface area (Å²) in [6.45, 7) is 10.9. The molecule has 32 heavy (non-hydrogen) atoms. The maximum Gasteiger partial charge on any atom is 0.341 e. The van der Waals surface area contributed by atoms with Gasteiger partial charge in [0.05, 0.1) is 29.3 Å². The molecule has 3 N–H and O–H groups in total. The number of amides is 2. The highest BCUT2D eigenvalue weighted by Gasteiger charge is 2.28. The number of rotatable bonds is 10. The van der Waals surface area contributed by atoms with E-state index in [9.17, 15) is 14.4 Å². The van der Waals surface area contributed by atoms with Crippen molar-refractivity contribution in [2.45, 2.75) is 41.0 Å². The van der Waals surface area contributed by atoms with Gasteiger partial charge in [0.1, 0.15) is 10.8 Å². The Bertz CT molecular complexity index is 982. The molecular formula is C23H31N3O5S. The van der Waals surface area contributed by atoms with Gasteiger partial charge in [0.25, 0.3) is 11.8 Å². The minimum absolute atomic E-state index is 0.177. The fraction of sp³-hybridized carbons (Fsp3) is 0.435. The van der Waals surface area contributed by atoms with E-state index in [0.29, 0.717) is 47.1 Å². The SMILES string of the molecule is CCCOc1ccc(C(=O)Nc2sc(C(=O)N(CC)CC)c(C)c2C(=O)OCC)cc1N. The van der Waals surface area contributed by atoms with E-state index in [1.54, 1.807) is 30.9 Å². The molecule has 8 nitrogen and oxygen atoms in total. The van der Waals surface area contributed by atoms with Crippen molar-refractivity contribution in [2.24, 2.45) is 0 Å². The number of benzene rings is 1. The third-order valence-electron chi connectivity index (χ3n) is 4.83. The Kier molecular flexibility index (Phi) is 9.07. The lowest BCUT2D eigenvalue weighted by atomic mass is 10.1. The van der Waals surface area contributed by atoms with Crippen LogP contribution in [0.15, 0.2) is 18.2 Å². The van der Waals surface area contributed by atoms with Crippen molar-refractivity contribution in [3.63, 3.8) is 0 Å². The number of thiophene rings is 1. The van der Waals surface area contributed by atoms with Gasteiger partial charge in [0.15, 0.2) is 0 Å². The van der Waals surface area contributed by atoms with Crippen molar-refractivity contribution in [3.8, 4) is 5.75 Å². The van der Waals surface area contributed by atoms with E-state index < -0.39 is 11.9 Å². The molecule has 0 unspecified atom stereocenters. The van der Waals surface area contributed by atoms with Gasteiger partial charge < -0.3 is 25.4 Å². The van der Waals surface area contributed by atoms with Gasteiger partial charge in [0, 0.05) is 18.7 Å². The summed E-state index contributed by atoms with van der Waals surface area (Å²) in [4.78, 5) is 40.5. The fourth-order valence-electron chi connectivity index (χ4n) is 3.12. The van der Waals surface area contributed by atoms with Crippen LogP contribution >= 0.6 is 11.3 Å². The average molecular weight is 462 g/mol. The molecule has 1 heterocycles. The second kappa shape index (κ2) is 11.5. The van der Waals surface area contributed by atoms with Crippen LogP contribution in [-0.2, 0) is 4.74 Å². The zero-order chi connectivity index (χ0) is 23.8. The topological polar surface area (TPSA) is 111 Å². The number of carbonyl (C=O) groups is 3. The molecule has 0 aliphatic heterocycles. The molecule has 1 aromatic heterocycles. The van der Waals surface area contributed by atoms with Crippen LogP contribution < -0.4 is 15.8 Å². The minimum atomic E-state index is -0.585. The number of nitrogens with zero attached hydrogens (tertiary/aromatic N) is 1. The highest BCUT2D eigenvalue weighted by atomic mass is 32.1. The number of esters is 1. The molecule has 2 rings (SSSR count). The first-order valence-electron chi connectivity index (χ1n) is 10.7. The highest BCUT2D eigenvalue weighted by molar-refractivity contribution is 7.18. The van der Waals surface area contributed by atoms with E-state index in [-0.39, 0.29) is 23.1 Å². The summed E-state index contributed by atoms with van der Waals surface area (Å²) in [6, 6.07) is 4.76. The number of hydrogen-bond acceptors (Lipinski definition) is 7. The Morgan fingerprint density at radius 2 is 1.81 bits per heavy atom. The Labute approximate surface area is 192 Å². The van der Waals surface area contributed by atoms with Crippen molar-refractivity contribution < 1.29 is 23.9 Å². The molecule has 2 amide bonds. The first-order valence-corrected chi connectivity index (χ1v) is 11.5. The van der Waals surface area contributed by atoms with Gasteiger partial charge >= 0.3 is 5.97 Å². The van der Waals surface area contributed by atoms with Crippen molar-refractivity contribution in [1.82, 2.24) is 4.90 Å². The number of ether oxygens (including phenoxy) is 2. The molecule has 0 atom stereocenters. The summed E-state index contributed by atoms with van der Waals surface area (Å²) in [5, 5.41) is 3.03. The molecule has 1 aromatic carbocycles. The lowest BCUT2D eigenvalue weighted by Gasteiger charge is -2.18. The molecule has 0 aliphatic rings. The van der Waals surface area contributed by atoms with Crippen LogP contribution in [0, 0.1) is 6.92 Å². The van der Waals surface area contributed by atoms with E-state index >= 15 is 0 Å². The van der Waals surface area contributed by atoms with E-state index in [0.717, 1.165) is 17.8 Å². The Hall–Kier alpha value is -3.07. The minimum Gasteiger partial charge on any atom is -0.491 e. The van der Waals surface area contributed by atoms with E-state index in [2.05, 4.69) is 5.32 Å².